The van der Waals surface area contributed by atoms with Gasteiger partial charge >= 0.3 is 0 Å². The zero-order valence-electron chi connectivity index (χ0n) is 13.0. The van der Waals surface area contributed by atoms with Crippen molar-refractivity contribution in [1.82, 2.24) is 15.1 Å². The smallest absolute Gasteiger partial charge is 0.269 e. The maximum Gasteiger partial charge on any atom is 0.269 e. The fraction of sp³-hybridized carbons (Fsp3) is 0.250. The van der Waals surface area contributed by atoms with E-state index in [9.17, 15) is 9.59 Å². The lowest BCUT2D eigenvalue weighted by Crippen LogP contribution is -2.29. The Bertz CT molecular complexity index is 773. The molecule has 7 nitrogen and oxygen atoms in total. The molecule has 118 valence electrons. The molecular formula is C16H17N5O2. The van der Waals surface area contributed by atoms with Crippen molar-refractivity contribution in [3.63, 3.8) is 0 Å². The highest BCUT2D eigenvalue weighted by atomic mass is 16.2. The molecule has 0 saturated heterocycles. The highest BCUT2D eigenvalue weighted by Gasteiger charge is 2.11. The number of anilines is 1. The van der Waals surface area contributed by atoms with Crippen molar-refractivity contribution in [2.75, 3.05) is 11.9 Å². The summed E-state index contributed by atoms with van der Waals surface area (Å²) >= 11 is 0. The van der Waals surface area contributed by atoms with Gasteiger partial charge in [-0.3, -0.25) is 14.3 Å². The van der Waals surface area contributed by atoms with Gasteiger partial charge in [0.05, 0.1) is 17.3 Å². The number of carbonyl (C=O) groups excluding carboxylic acids is 2. The van der Waals surface area contributed by atoms with E-state index in [0.29, 0.717) is 16.9 Å². The zero-order chi connectivity index (χ0) is 16.8. The minimum atomic E-state index is -0.271. The molecule has 0 bridgehead atoms. The molecule has 1 aromatic carbocycles. The Morgan fingerprint density at radius 1 is 1.35 bits per heavy atom. The van der Waals surface area contributed by atoms with E-state index < -0.39 is 0 Å². The van der Waals surface area contributed by atoms with Crippen LogP contribution in [0.5, 0.6) is 0 Å². The van der Waals surface area contributed by atoms with Gasteiger partial charge in [-0.15, -0.1) is 0 Å². The van der Waals surface area contributed by atoms with Gasteiger partial charge < -0.3 is 10.6 Å². The molecule has 1 aromatic heterocycles. The molecule has 0 fully saturated rings. The van der Waals surface area contributed by atoms with E-state index in [2.05, 4.69) is 15.7 Å². The van der Waals surface area contributed by atoms with Crippen LogP contribution >= 0.6 is 0 Å². The second kappa shape index (κ2) is 7.22. The van der Waals surface area contributed by atoms with Crippen LogP contribution in [0.4, 0.5) is 5.69 Å². The van der Waals surface area contributed by atoms with Gasteiger partial charge in [-0.05, 0) is 31.2 Å². The lowest BCUT2D eigenvalue weighted by atomic mass is 10.2. The predicted octanol–water partition coefficient (Wildman–Crippen LogP) is 1.36. The first kappa shape index (κ1) is 16.2. The molecule has 23 heavy (non-hydrogen) atoms. The molecule has 2 amide bonds. The van der Waals surface area contributed by atoms with Gasteiger partial charge in [0.1, 0.15) is 5.69 Å². The molecule has 0 radical (unpaired) electrons. The number of aryl methyl sites for hydroxylation is 2. The number of benzene rings is 1. The molecule has 0 spiro atoms. The number of aromatic nitrogens is 2. The summed E-state index contributed by atoms with van der Waals surface area (Å²) in [5.41, 5.74) is 2.24. The van der Waals surface area contributed by atoms with Crippen molar-refractivity contribution in [1.29, 1.82) is 5.26 Å². The van der Waals surface area contributed by atoms with Crippen LogP contribution in [0.15, 0.2) is 30.3 Å². The maximum absolute atomic E-state index is 12.0. The van der Waals surface area contributed by atoms with Gasteiger partial charge in [-0.25, -0.2) is 0 Å². The van der Waals surface area contributed by atoms with Crippen LogP contribution in [0.25, 0.3) is 0 Å². The van der Waals surface area contributed by atoms with Crippen LogP contribution in [-0.4, -0.2) is 28.1 Å². The fourth-order valence-corrected chi connectivity index (χ4v) is 2.09. The Balaban J connectivity index is 1.82. The quantitative estimate of drug-likeness (QED) is 0.870. The highest BCUT2D eigenvalue weighted by molar-refractivity contribution is 5.94. The molecule has 0 saturated carbocycles. The topological polar surface area (TPSA) is 99.8 Å². The summed E-state index contributed by atoms with van der Waals surface area (Å²) in [7, 11) is 1.69. The first-order valence-corrected chi connectivity index (χ1v) is 7.08. The van der Waals surface area contributed by atoms with Gasteiger partial charge in [-0.2, -0.15) is 10.4 Å². The number of hydrogen-bond acceptors (Lipinski definition) is 4. The van der Waals surface area contributed by atoms with Crippen molar-refractivity contribution < 1.29 is 9.59 Å². The van der Waals surface area contributed by atoms with Crippen LogP contribution < -0.4 is 10.6 Å². The van der Waals surface area contributed by atoms with Crippen molar-refractivity contribution in [3.8, 4) is 6.07 Å². The van der Waals surface area contributed by atoms with Gasteiger partial charge in [0.25, 0.3) is 5.91 Å². The molecule has 2 N–H and O–H groups in total. The zero-order valence-corrected chi connectivity index (χ0v) is 13.0. The Kier molecular flexibility index (Phi) is 5.10. The summed E-state index contributed by atoms with van der Waals surface area (Å²) in [6, 6.07) is 10.3. The lowest BCUT2D eigenvalue weighted by Gasteiger charge is -2.07. The first-order valence-electron chi connectivity index (χ1n) is 7.08. The van der Waals surface area contributed by atoms with Gasteiger partial charge in [0.2, 0.25) is 5.91 Å². The Hall–Kier alpha value is -3.14. The Labute approximate surface area is 133 Å². The third-order valence-corrected chi connectivity index (χ3v) is 3.15. The predicted molar refractivity (Wildman–Crippen MR) is 84.7 cm³/mol. The molecular weight excluding hydrogens is 294 g/mol. The number of hydrogen-bond donors (Lipinski definition) is 2. The van der Waals surface area contributed by atoms with Crippen molar-refractivity contribution in [2.45, 2.75) is 13.3 Å². The van der Waals surface area contributed by atoms with E-state index in [1.165, 1.54) is 4.68 Å². The normalized spacial score (nSPS) is 9.96. The van der Waals surface area contributed by atoms with Gasteiger partial charge in [0, 0.05) is 25.7 Å². The maximum atomic E-state index is 12.0. The number of nitrogens with zero attached hydrogens (tertiary/aromatic N) is 3. The molecule has 0 unspecified atom stereocenters. The van der Waals surface area contributed by atoms with Crippen LogP contribution in [0.3, 0.4) is 0 Å². The number of nitrogens with one attached hydrogen (secondary N) is 2. The molecule has 2 rings (SSSR count). The molecule has 1 heterocycles. The summed E-state index contributed by atoms with van der Waals surface area (Å²) in [4.78, 5) is 23.8. The van der Waals surface area contributed by atoms with E-state index in [4.69, 9.17) is 5.26 Å². The molecule has 0 aliphatic carbocycles. The largest absolute Gasteiger partial charge is 0.350 e. The minimum Gasteiger partial charge on any atom is -0.350 e. The number of rotatable bonds is 5. The van der Waals surface area contributed by atoms with Crippen LogP contribution in [0.1, 0.15) is 28.2 Å². The third-order valence-electron chi connectivity index (χ3n) is 3.15. The number of carbonyl (C=O) groups is 2. The highest BCUT2D eigenvalue weighted by Crippen LogP contribution is 2.09. The van der Waals surface area contributed by atoms with Gasteiger partial charge in [0.15, 0.2) is 0 Å². The van der Waals surface area contributed by atoms with Gasteiger partial charge in [-0.1, -0.05) is 6.07 Å². The summed E-state index contributed by atoms with van der Waals surface area (Å²) in [5.74, 6) is -0.506. The molecule has 7 heteroatoms. The molecule has 0 atom stereocenters. The van der Waals surface area contributed by atoms with Crippen molar-refractivity contribution in [3.05, 3.63) is 47.3 Å². The lowest BCUT2D eigenvalue weighted by molar-refractivity contribution is -0.116. The summed E-state index contributed by atoms with van der Waals surface area (Å²) in [6.45, 7) is 2.02. The monoisotopic (exact) mass is 311 g/mol. The fourth-order valence-electron chi connectivity index (χ4n) is 2.09. The molecule has 2 aromatic rings. The summed E-state index contributed by atoms with van der Waals surface area (Å²) < 4.78 is 1.50. The Morgan fingerprint density at radius 3 is 2.78 bits per heavy atom. The second-order valence-corrected chi connectivity index (χ2v) is 5.04. The van der Waals surface area contributed by atoms with Crippen molar-refractivity contribution in [2.24, 2.45) is 7.05 Å². The van der Waals surface area contributed by atoms with Crippen LogP contribution in [0.2, 0.25) is 0 Å². The standard InChI is InChI=1S/C16H17N5O2/c1-11-8-14(21(2)20-11)16(23)18-7-6-15(22)19-13-5-3-4-12(9-13)10-17/h3-5,8-9H,6-7H2,1-2H3,(H,18,23)(H,19,22). The van der Waals surface area contributed by atoms with E-state index in [1.807, 2.05) is 6.07 Å². The first-order chi connectivity index (χ1) is 11.0. The second-order valence-electron chi connectivity index (χ2n) is 5.04. The average molecular weight is 311 g/mol. The number of amides is 2. The van der Waals surface area contributed by atoms with E-state index >= 15 is 0 Å². The van der Waals surface area contributed by atoms with Crippen molar-refractivity contribution >= 4 is 17.5 Å². The molecule has 0 aliphatic rings. The third kappa shape index (κ3) is 4.41. The van der Waals surface area contributed by atoms with Crippen LogP contribution in [0, 0.1) is 18.3 Å². The molecule has 0 aliphatic heterocycles. The van der Waals surface area contributed by atoms with Crippen LogP contribution in [-0.2, 0) is 11.8 Å². The van der Waals surface area contributed by atoms with E-state index in [-0.39, 0.29) is 24.8 Å². The summed E-state index contributed by atoms with van der Waals surface area (Å²) in [6.07, 6.45) is 0.138. The SMILES string of the molecule is Cc1cc(C(=O)NCCC(=O)Nc2cccc(C#N)c2)n(C)n1. The number of nitriles is 1. The Morgan fingerprint density at radius 2 is 2.13 bits per heavy atom. The van der Waals surface area contributed by atoms with E-state index in [1.54, 1.807) is 44.3 Å². The minimum absolute atomic E-state index is 0.138. The average Bonchev–Trinajstić information content (AvgIpc) is 2.86. The van der Waals surface area contributed by atoms with E-state index in [0.717, 1.165) is 5.69 Å². The summed E-state index contributed by atoms with van der Waals surface area (Å²) in [5, 5.41) is 18.3.